The molecule has 1 saturated carbocycles. The van der Waals surface area contributed by atoms with Crippen molar-refractivity contribution in [3.63, 3.8) is 0 Å². The Balaban J connectivity index is 1.79. The summed E-state index contributed by atoms with van der Waals surface area (Å²) in [6, 6.07) is 0. The van der Waals surface area contributed by atoms with Gasteiger partial charge in [0.25, 0.3) is 0 Å². The molecule has 4 aliphatic carbocycles. The first-order valence-electron chi connectivity index (χ1n) is 10.4. The Morgan fingerprint density at radius 1 is 1.23 bits per heavy atom. The van der Waals surface area contributed by atoms with Gasteiger partial charge in [0, 0.05) is 17.8 Å². The van der Waals surface area contributed by atoms with E-state index in [1.807, 2.05) is 39.0 Å². The molecule has 4 rings (SSSR count). The normalized spacial score (nSPS) is 41.7. The van der Waals surface area contributed by atoms with Crippen molar-refractivity contribution in [1.29, 1.82) is 0 Å². The highest BCUT2D eigenvalue weighted by Gasteiger charge is 2.67. The van der Waals surface area contributed by atoms with E-state index in [1.54, 1.807) is 6.08 Å². The second kappa shape index (κ2) is 6.59. The molecule has 1 fully saturated rings. The van der Waals surface area contributed by atoms with Crippen molar-refractivity contribution in [3.8, 4) is 0 Å². The fraction of sp³-hybridized carbons (Fsp3) is 0.542. The van der Waals surface area contributed by atoms with Crippen molar-refractivity contribution in [1.82, 2.24) is 0 Å². The Morgan fingerprint density at radius 2 is 1.93 bits per heavy atom. The second-order valence-corrected chi connectivity index (χ2v) is 9.54. The average Bonchev–Trinajstić information content (AvgIpc) is 2.87. The summed E-state index contributed by atoms with van der Waals surface area (Å²) in [5.41, 5.74) is -0.605. The van der Waals surface area contributed by atoms with Crippen molar-refractivity contribution in [3.05, 3.63) is 47.1 Å². The number of allylic oxidation sites excluding steroid dienone is 7. The van der Waals surface area contributed by atoms with Gasteiger partial charge in [0.05, 0.1) is 6.10 Å². The number of carbonyl (C=O) groups is 3. The zero-order valence-electron chi connectivity index (χ0n) is 17.8. The summed E-state index contributed by atoms with van der Waals surface area (Å²) >= 11 is 0. The molecule has 4 aliphatic rings. The highest BCUT2D eigenvalue weighted by molar-refractivity contribution is 6.02. The second-order valence-electron chi connectivity index (χ2n) is 9.54. The van der Waals surface area contributed by atoms with E-state index >= 15 is 0 Å². The van der Waals surface area contributed by atoms with Crippen LogP contribution in [0.5, 0.6) is 0 Å². The lowest BCUT2D eigenvalue weighted by Crippen LogP contribution is -2.58. The molecule has 6 nitrogen and oxygen atoms in total. The molecule has 2 N–H and O–H groups in total. The van der Waals surface area contributed by atoms with Gasteiger partial charge < -0.3 is 14.9 Å². The van der Waals surface area contributed by atoms with E-state index in [9.17, 15) is 24.6 Å². The Kier molecular flexibility index (Phi) is 4.60. The van der Waals surface area contributed by atoms with Crippen molar-refractivity contribution < 1.29 is 29.3 Å². The van der Waals surface area contributed by atoms with Crippen LogP contribution >= 0.6 is 0 Å². The maximum absolute atomic E-state index is 13.0. The highest BCUT2D eigenvalue weighted by atomic mass is 16.5. The summed E-state index contributed by atoms with van der Waals surface area (Å²) in [5, 5.41) is 22.9. The maximum Gasteiger partial charge on any atom is 0.303 e. The van der Waals surface area contributed by atoms with Gasteiger partial charge >= 0.3 is 5.97 Å². The Hall–Kier alpha value is -2.31. The fourth-order valence-corrected chi connectivity index (χ4v) is 6.33. The minimum Gasteiger partial charge on any atom is -0.458 e. The van der Waals surface area contributed by atoms with Crippen LogP contribution in [0.25, 0.3) is 0 Å². The van der Waals surface area contributed by atoms with E-state index in [1.165, 1.54) is 13.0 Å². The lowest BCUT2D eigenvalue weighted by Gasteiger charge is -2.52. The van der Waals surface area contributed by atoms with E-state index < -0.39 is 40.9 Å². The number of ketones is 2. The fourth-order valence-electron chi connectivity index (χ4n) is 6.33. The van der Waals surface area contributed by atoms with Gasteiger partial charge in [0.15, 0.2) is 12.4 Å². The molecular formula is C24H28O6. The standard InChI is InChI=1S/C24H28O6/c1-13-9-18-17-6-5-15-10-16(26)7-8-22(15,3)21(17)19(27)11-23(18,4)24(13,29)20(28)12-30-14(2)25/h5-8,10,13,18-19,27,29H,9,11-12H2,1-4H3/t13?,18-,19?,22-,23-,24-/m0/s1. The van der Waals surface area contributed by atoms with Gasteiger partial charge in [-0.25, -0.2) is 0 Å². The summed E-state index contributed by atoms with van der Waals surface area (Å²) in [6.07, 6.45) is 8.70. The molecule has 0 heterocycles. The molecule has 0 saturated heterocycles. The van der Waals surface area contributed by atoms with Crippen LogP contribution in [0, 0.1) is 22.7 Å². The van der Waals surface area contributed by atoms with E-state index in [-0.39, 0.29) is 24.0 Å². The van der Waals surface area contributed by atoms with E-state index in [2.05, 4.69) is 0 Å². The predicted octanol–water partition coefficient (Wildman–Crippen LogP) is 2.21. The Labute approximate surface area is 176 Å². The van der Waals surface area contributed by atoms with Crippen LogP contribution in [0.1, 0.15) is 40.5 Å². The lowest BCUT2D eigenvalue weighted by molar-refractivity contribution is -0.168. The summed E-state index contributed by atoms with van der Waals surface area (Å²) < 4.78 is 4.90. The number of Topliss-reactive ketones (excluding diaryl/α,β-unsaturated/α-hetero) is 1. The predicted molar refractivity (Wildman–Crippen MR) is 109 cm³/mol. The number of hydrogen-bond donors (Lipinski definition) is 2. The number of carbonyl (C=O) groups excluding carboxylic acids is 3. The van der Waals surface area contributed by atoms with Gasteiger partial charge in [0.1, 0.15) is 5.60 Å². The minimum absolute atomic E-state index is 0.0776. The molecule has 30 heavy (non-hydrogen) atoms. The third-order valence-corrected chi connectivity index (χ3v) is 7.89. The van der Waals surface area contributed by atoms with Crippen LogP contribution < -0.4 is 0 Å². The maximum atomic E-state index is 13.0. The van der Waals surface area contributed by atoms with Crippen LogP contribution in [0.4, 0.5) is 0 Å². The molecule has 0 amide bonds. The van der Waals surface area contributed by atoms with Gasteiger partial charge in [-0.15, -0.1) is 0 Å². The van der Waals surface area contributed by atoms with Crippen LogP contribution in [0.15, 0.2) is 47.1 Å². The number of esters is 1. The number of aliphatic hydroxyl groups excluding tert-OH is 1. The topological polar surface area (TPSA) is 101 Å². The Bertz CT molecular complexity index is 968. The Morgan fingerprint density at radius 3 is 2.60 bits per heavy atom. The SMILES string of the molecule is CC(=O)OCC(=O)[C@@]1(O)C(C)C[C@H]2C3=C(C(O)C[C@@]21C)[C@@]1(C)C=CC(=O)C=C1C=C3. The van der Waals surface area contributed by atoms with Gasteiger partial charge in [-0.3, -0.25) is 14.4 Å². The number of hydrogen-bond acceptors (Lipinski definition) is 6. The number of aliphatic hydroxyl groups is 2. The quantitative estimate of drug-likeness (QED) is 0.690. The average molecular weight is 412 g/mol. The number of ether oxygens (including phenoxy) is 1. The van der Waals surface area contributed by atoms with Crippen LogP contribution in [-0.2, 0) is 19.1 Å². The van der Waals surface area contributed by atoms with Crippen molar-refractivity contribution >= 4 is 17.5 Å². The summed E-state index contributed by atoms with van der Waals surface area (Å²) in [4.78, 5) is 36.1. The molecule has 2 unspecified atom stereocenters. The third-order valence-electron chi connectivity index (χ3n) is 7.89. The monoisotopic (exact) mass is 412 g/mol. The van der Waals surface area contributed by atoms with Crippen molar-refractivity contribution in [2.75, 3.05) is 6.61 Å². The van der Waals surface area contributed by atoms with Crippen molar-refractivity contribution in [2.24, 2.45) is 22.7 Å². The summed E-state index contributed by atoms with van der Waals surface area (Å²) in [7, 11) is 0. The summed E-state index contributed by atoms with van der Waals surface area (Å²) in [5.74, 6) is -1.68. The molecule has 0 aromatic carbocycles. The summed E-state index contributed by atoms with van der Waals surface area (Å²) in [6.45, 7) is 6.42. The largest absolute Gasteiger partial charge is 0.458 e. The van der Waals surface area contributed by atoms with E-state index in [4.69, 9.17) is 4.74 Å². The zero-order valence-corrected chi connectivity index (χ0v) is 17.8. The molecule has 0 aliphatic heterocycles. The van der Waals surface area contributed by atoms with Crippen LogP contribution in [-0.4, -0.2) is 46.1 Å². The van der Waals surface area contributed by atoms with E-state index in [0.29, 0.717) is 6.42 Å². The molecule has 6 heteroatoms. The first kappa shape index (κ1) is 20.9. The minimum atomic E-state index is -1.71. The van der Waals surface area contributed by atoms with Gasteiger partial charge in [-0.2, -0.15) is 0 Å². The first-order chi connectivity index (χ1) is 13.9. The van der Waals surface area contributed by atoms with E-state index in [0.717, 1.165) is 16.7 Å². The van der Waals surface area contributed by atoms with Gasteiger partial charge in [-0.1, -0.05) is 32.1 Å². The molecule has 0 aromatic rings. The molecule has 0 spiro atoms. The lowest BCUT2D eigenvalue weighted by atomic mass is 9.54. The molecule has 160 valence electrons. The van der Waals surface area contributed by atoms with Crippen LogP contribution in [0.3, 0.4) is 0 Å². The van der Waals surface area contributed by atoms with Gasteiger partial charge in [-0.05, 0) is 60.5 Å². The first-order valence-corrected chi connectivity index (χ1v) is 10.4. The highest BCUT2D eigenvalue weighted by Crippen LogP contribution is 2.65. The van der Waals surface area contributed by atoms with Gasteiger partial charge in [0.2, 0.25) is 5.78 Å². The molecule has 0 aromatic heterocycles. The molecule has 0 radical (unpaired) electrons. The number of fused-ring (bicyclic) bond motifs is 4. The zero-order chi connectivity index (χ0) is 22.1. The smallest absolute Gasteiger partial charge is 0.303 e. The molecule has 0 bridgehead atoms. The molecular weight excluding hydrogens is 384 g/mol. The van der Waals surface area contributed by atoms with Crippen LogP contribution in [0.2, 0.25) is 0 Å². The third kappa shape index (κ3) is 2.59. The van der Waals surface area contributed by atoms with Crippen molar-refractivity contribution in [2.45, 2.75) is 52.2 Å². The molecule has 6 atom stereocenters. The number of rotatable bonds is 3.